The predicted molar refractivity (Wildman–Crippen MR) is 115 cm³/mol. The molecule has 0 atom stereocenters. The van der Waals surface area contributed by atoms with Crippen LogP contribution in [0.1, 0.15) is 32.0 Å². The zero-order valence-corrected chi connectivity index (χ0v) is 18.2. The highest BCUT2D eigenvalue weighted by atomic mass is 32.2. The van der Waals surface area contributed by atoms with Gasteiger partial charge < -0.3 is 4.74 Å². The van der Waals surface area contributed by atoms with Crippen LogP contribution in [0.2, 0.25) is 0 Å². The standard InChI is InChI=1S/C23H24N2O4S/c1-17-21(30(27,28)19-13-9-6-10-14-19)22(25(24-17)23(2,3)4)29-20(26)16-15-18-11-7-5-8-12-18/h5-16H,1-4H3. The molecule has 0 saturated heterocycles. The molecule has 2 aromatic carbocycles. The van der Waals surface area contributed by atoms with E-state index in [-0.39, 0.29) is 21.4 Å². The molecular weight excluding hydrogens is 400 g/mol. The lowest BCUT2D eigenvalue weighted by Gasteiger charge is -2.21. The van der Waals surface area contributed by atoms with E-state index in [0.29, 0.717) is 0 Å². The number of carbonyl (C=O) groups is 1. The van der Waals surface area contributed by atoms with Crippen molar-refractivity contribution in [2.75, 3.05) is 0 Å². The summed E-state index contributed by atoms with van der Waals surface area (Å²) in [5.41, 5.74) is 0.490. The van der Waals surface area contributed by atoms with Gasteiger partial charge in [-0.25, -0.2) is 17.9 Å². The number of ether oxygens (including phenoxy) is 1. The number of nitrogens with zero attached hydrogens (tertiary/aromatic N) is 2. The van der Waals surface area contributed by atoms with Crippen LogP contribution in [0.5, 0.6) is 5.88 Å². The van der Waals surface area contributed by atoms with E-state index < -0.39 is 21.3 Å². The Bertz CT molecular complexity index is 1170. The van der Waals surface area contributed by atoms with Crippen molar-refractivity contribution in [3.05, 3.63) is 78.0 Å². The van der Waals surface area contributed by atoms with Crippen LogP contribution in [0, 0.1) is 6.92 Å². The van der Waals surface area contributed by atoms with Gasteiger partial charge in [-0.2, -0.15) is 5.10 Å². The zero-order chi connectivity index (χ0) is 21.9. The Labute approximate surface area is 176 Å². The fourth-order valence-corrected chi connectivity index (χ4v) is 4.46. The zero-order valence-electron chi connectivity index (χ0n) is 17.4. The normalized spacial score (nSPS) is 12.3. The molecule has 7 heteroatoms. The van der Waals surface area contributed by atoms with Gasteiger partial charge in [0.15, 0.2) is 4.90 Å². The van der Waals surface area contributed by atoms with Crippen LogP contribution in [-0.2, 0) is 20.2 Å². The fourth-order valence-electron chi connectivity index (χ4n) is 2.92. The van der Waals surface area contributed by atoms with Crippen molar-refractivity contribution in [3.8, 4) is 5.88 Å². The molecule has 30 heavy (non-hydrogen) atoms. The van der Waals surface area contributed by atoms with Crippen molar-refractivity contribution in [2.24, 2.45) is 0 Å². The fraction of sp³-hybridized carbons (Fsp3) is 0.217. The summed E-state index contributed by atoms with van der Waals surface area (Å²) in [4.78, 5) is 12.5. The van der Waals surface area contributed by atoms with Crippen LogP contribution in [-0.4, -0.2) is 24.2 Å². The lowest BCUT2D eigenvalue weighted by Crippen LogP contribution is -2.25. The quantitative estimate of drug-likeness (QED) is 0.448. The molecule has 0 amide bonds. The van der Waals surface area contributed by atoms with Gasteiger partial charge >= 0.3 is 5.97 Å². The molecule has 6 nitrogen and oxygen atoms in total. The van der Waals surface area contributed by atoms with Gasteiger partial charge in [0.1, 0.15) is 0 Å². The van der Waals surface area contributed by atoms with Crippen LogP contribution in [0.15, 0.2) is 76.5 Å². The molecule has 0 aliphatic carbocycles. The summed E-state index contributed by atoms with van der Waals surface area (Å²) in [5.74, 6) is -0.777. The monoisotopic (exact) mass is 424 g/mol. The number of aromatic nitrogens is 2. The number of sulfone groups is 1. The third kappa shape index (κ3) is 4.52. The number of hydrogen-bond acceptors (Lipinski definition) is 5. The van der Waals surface area contributed by atoms with Gasteiger partial charge in [-0.15, -0.1) is 0 Å². The summed E-state index contributed by atoms with van der Waals surface area (Å²) in [6.45, 7) is 7.16. The lowest BCUT2D eigenvalue weighted by atomic mass is 10.1. The molecule has 0 radical (unpaired) electrons. The van der Waals surface area contributed by atoms with E-state index >= 15 is 0 Å². The highest BCUT2D eigenvalue weighted by Crippen LogP contribution is 2.35. The molecule has 0 N–H and O–H groups in total. The van der Waals surface area contributed by atoms with E-state index in [2.05, 4.69) is 5.10 Å². The first kappa shape index (κ1) is 21.5. The largest absolute Gasteiger partial charge is 0.403 e. The topological polar surface area (TPSA) is 78.3 Å². The van der Waals surface area contributed by atoms with Crippen molar-refractivity contribution >= 4 is 21.9 Å². The molecule has 0 saturated carbocycles. The summed E-state index contributed by atoms with van der Waals surface area (Å²) in [6, 6.07) is 17.3. The molecule has 156 valence electrons. The van der Waals surface area contributed by atoms with Crippen LogP contribution < -0.4 is 4.74 Å². The van der Waals surface area contributed by atoms with E-state index in [1.165, 1.54) is 22.9 Å². The number of aryl methyl sites for hydroxylation is 1. The van der Waals surface area contributed by atoms with Gasteiger partial charge in [0, 0.05) is 6.08 Å². The Morgan fingerprint density at radius 1 is 1.00 bits per heavy atom. The minimum Gasteiger partial charge on any atom is -0.403 e. The van der Waals surface area contributed by atoms with Crippen LogP contribution in [0.4, 0.5) is 0 Å². The van der Waals surface area contributed by atoms with E-state index in [0.717, 1.165) is 5.56 Å². The lowest BCUT2D eigenvalue weighted by molar-refractivity contribution is -0.129. The first-order valence-electron chi connectivity index (χ1n) is 9.46. The number of esters is 1. The molecule has 0 fully saturated rings. The van der Waals surface area contributed by atoms with E-state index in [1.807, 2.05) is 51.1 Å². The van der Waals surface area contributed by atoms with Gasteiger partial charge in [0.25, 0.3) is 0 Å². The van der Waals surface area contributed by atoms with Crippen molar-refractivity contribution < 1.29 is 17.9 Å². The Morgan fingerprint density at radius 3 is 2.13 bits per heavy atom. The number of hydrogen-bond donors (Lipinski definition) is 0. The molecule has 3 rings (SSSR count). The van der Waals surface area contributed by atoms with Crippen molar-refractivity contribution in [1.82, 2.24) is 9.78 Å². The maximum absolute atomic E-state index is 13.3. The van der Waals surface area contributed by atoms with E-state index in [9.17, 15) is 13.2 Å². The molecule has 0 bridgehead atoms. The highest BCUT2D eigenvalue weighted by molar-refractivity contribution is 7.91. The Kier molecular flexibility index (Phi) is 5.94. The SMILES string of the molecule is Cc1nn(C(C)(C)C)c(OC(=O)C=Cc2ccccc2)c1S(=O)(=O)c1ccccc1. The molecule has 0 spiro atoms. The second-order valence-corrected chi connectivity index (χ2v) is 9.67. The van der Waals surface area contributed by atoms with Crippen molar-refractivity contribution in [3.63, 3.8) is 0 Å². The average molecular weight is 425 g/mol. The minimum absolute atomic E-state index is 0.0911. The van der Waals surface area contributed by atoms with Crippen molar-refractivity contribution in [2.45, 2.75) is 43.0 Å². The Morgan fingerprint density at radius 2 is 1.57 bits per heavy atom. The summed E-state index contributed by atoms with van der Waals surface area (Å²) >= 11 is 0. The van der Waals surface area contributed by atoms with E-state index in [4.69, 9.17) is 4.74 Å². The Hall–Kier alpha value is -3.19. The minimum atomic E-state index is -3.94. The summed E-state index contributed by atoms with van der Waals surface area (Å²) < 4.78 is 33.6. The summed E-state index contributed by atoms with van der Waals surface area (Å²) in [7, 11) is -3.94. The molecule has 1 aromatic heterocycles. The second kappa shape index (κ2) is 8.28. The van der Waals surface area contributed by atoms with Gasteiger partial charge in [-0.05, 0) is 51.5 Å². The van der Waals surface area contributed by atoms with Gasteiger partial charge in [-0.1, -0.05) is 48.5 Å². The maximum atomic E-state index is 13.3. The molecule has 3 aromatic rings. The third-order valence-electron chi connectivity index (χ3n) is 4.33. The number of rotatable bonds is 5. The van der Waals surface area contributed by atoms with Gasteiger partial charge in [-0.3, -0.25) is 0 Å². The molecule has 0 aliphatic heterocycles. The first-order chi connectivity index (χ1) is 14.1. The maximum Gasteiger partial charge on any atom is 0.337 e. The average Bonchev–Trinajstić information content (AvgIpc) is 3.05. The second-order valence-electron chi connectivity index (χ2n) is 7.78. The third-order valence-corrected chi connectivity index (χ3v) is 6.23. The predicted octanol–water partition coefficient (Wildman–Crippen LogP) is 4.40. The smallest absolute Gasteiger partial charge is 0.337 e. The molecule has 0 unspecified atom stereocenters. The molecule has 0 aliphatic rings. The highest BCUT2D eigenvalue weighted by Gasteiger charge is 2.34. The first-order valence-corrected chi connectivity index (χ1v) is 10.9. The van der Waals surface area contributed by atoms with E-state index in [1.54, 1.807) is 31.2 Å². The van der Waals surface area contributed by atoms with Crippen LogP contribution in [0.25, 0.3) is 6.08 Å². The number of carbonyl (C=O) groups excluding carboxylic acids is 1. The molecular formula is C23H24N2O4S. The summed E-state index contributed by atoms with van der Waals surface area (Å²) in [5, 5.41) is 4.38. The van der Waals surface area contributed by atoms with Crippen LogP contribution >= 0.6 is 0 Å². The van der Waals surface area contributed by atoms with Crippen LogP contribution in [0.3, 0.4) is 0 Å². The number of benzene rings is 2. The molecule has 1 heterocycles. The Balaban J connectivity index is 2.06. The van der Waals surface area contributed by atoms with Crippen molar-refractivity contribution in [1.29, 1.82) is 0 Å². The van der Waals surface area contributed by atoms with Gasteiger partial charge in [0.05, 0.1) is 16.1 Å². The van der Waals surface area contributed by atoms with Gasteiger partial charge in [0.2, 0.25) is 15.7 Å². The summed E-state index contributed by atoms with van der Waals surface area (Å²) in [6.07, 6.45) is 2.88.